The van der Waals surface area contributed by atoms with Crippen molar-refractivity contribution in [2.45, 2.75) is 57.2 Å². The topological polar surface area (TPSA) is 83.1 Å². The van der Waals surface area contributed by atoms with E-state index >= 15 is 0 Å². The summed E-state index contributed by atoms with van der Waals surface area (Å²) >= 11 is 0. The number of nitrogens with zero attached hydrogens (tertiary/aromatic N) is 1. The van der Waals surface area contributed by atoms with Gasteiger partial charge >= 0.3 is 0 Å². The van der Waals surface area contributed by atoms with Crippen LogP contribution in [0.5, 0.6) is 0 Å². The first-order valence-corrected chi connectivity index (χ1v) is 8.92. The number of hydrogen-bond donors (Lipinski definition) is 3. The van der Waals surface area contributed by atoms with Crippen molar-refractivity contribution >= 4 is 11.8 Å². The number of nitrogens with one attached hydrogen (secondary N) is 3. The third-order valence-corrected chi connectivity index (χ3v) is 5.04. The quantitative estimate of drug-likeness (QED) is 0.730. The molecule has 1 saturated carbocycles. The normalized spacial score (nSPS) is 25.8. The number of rotatable bonds is 6. The monoisotopic (exact) mass is 330 g/mol. The van der Waals surface area contributed by atoms with Gasteiger partial charge in [-0.2, -0.15) is 0 Å². The standard InChI is InChI=1S/C18H26N4O2/c23-17(21-12-13-4-3-8-19-11-13)7-9-20-18(24)16-10-14-5-1-2-6-15(14)22-16/h3-4,8,11,14-16,22H,1-2,5-7,9-10,12H2,(H,20,24)(H,21,23). The zero-order valence-electron chi connectivity index (χ0n) is 14.0. The number of fused-ring (bicyclic) bond motifs is 1. The van der Waals surface area contributed by atoms with E-state index in [0.717, 1.165) is 12.0 Å². The Morgan fingerprint density at radius 1 is 1.25 bits per heavy atom. The van der Waals surface area contributed by atoms with Gasteiger partial charge in [0.25, 0.3) is 0 Å². The first-order chi connectivity index (χ1) is 11.7. The van der Waals surface area contributed by atoms with Crippen LogP contribution in [-0.2, 0) is 16.1 Å². The molecule has 1 aliphatic carbocycles. The number of pyridine rings is 1. The second-order valence-electron chi connectivity index (χ2n) is 6.79. The van der Waals surface area contributed by atoms with Crippen molar-refractivity contribution in [1.29, 1.82) is 0 Å². The first kappa shape index (κ1) is 16.9. The van der Waals surface area contributed by atoms with Gasteiger partial charge in [0.15, 0.2) is 0 Å². The lowest BCUT2D eigenvalue weighted by molar-refractivity contribution is -0.123. The lowest BCUT2D eigenvalue weighted by atomic mass is 9.85. The fourth-order valence-corrected chi connectivity index (χ4v) is 3.74. The zero-order valence-corrected chi connectivity index (χ0v) is 14.0. The summed E-state index contributed by atoms with van der Waals surface area (Å²) in [5.41, 5.74) is 0.965. The highest BCUT2D eigenvalue weighted by molar-refractivity contribution is 5.83. The van der Waals surface area contributed by atoms with Gasteiger partial charge in [0.1, 0.15) is 0 Å². The minimum absolute atomic E-state index is 0.0319. The minimum Gasteiger partial charge on any atom is -0.354 e. The molecule has 0 bridgehead atoms. The predicted octanol–water partition coefficient (Wildman–Crippen LogP) is 1.12. The van der Waals surface area contributed by atoms with Gasteiger partial charge in [-0.15, -0.1) is 0 Å². The highest BCUT2D eigenvalue weighted by atomic mass is 16.2. The van der Waals surface area contributed by atoms with Crippen LogP contribution < -0.4 is 16.0 Å². The summed E-state index contributed by atoms with van der Waals surface area (Å²) in [6.07, 6.45) is 9.63. The van der Waals surface area contributed by atoms with Crippen molar-refractivity contribution in [3.63, 3.8) is 0 Å². The van der Waals surface area contributed by atoms with Gasteiger partial charge in [0, 0.05) is 37.9 Å². The molecule has 1 aromatic rings. The average Bonchev–Trinajstić information content (AvgIpc) is 3.05. The van der Waals surface area contributed by atoms with E-state index < -0.39 is 0 Å². The third-order valence-electron chi connectivity index (χ3n) is 5.04. The maximum Gasteiger partial charge on any atom is 0.237 e. The molecule has 3 rings (SSSR count). The number of carbonyl (C=O) groups excluding carboxylic acids is 2. The number of hydrogen-bond acceptors (Lipinski definition) is 4. The number of aromatic nitrogens is 1. The molecule has 0 radical (unpaired) electrons. The fraction of sp³-hybridized carbons (Fsp3) is 0.611. The van der Waals surface area contributed by atoms with E-state index in [-0.39, 0.29) is 17.9 Å². The Bertz CT molecular complexity index is 549. The molecule has 0 spiro atoms. The average molecular weight is 330 g/mol. The largest absolute Gasteiger partial charge is 0.354 e. The highest BCUT2D eigenvalue weighted by Gasteiger charge is 2.37. The van der Waals surface area contributed by atoms with Gasteiger partial charge < -0.3 is 16.0 Å². The summed E-state index contributed by atoms with van der Waals surface area (Å²) < 4.78 is 0. The molecule has 2 amide bonds. The number of amides is 2. The molecule has 3 unspecified atom stereocenters. The van der Waals surface area contributed by atoms with Crippen molar-refractivity contribution < 1.29 is 9.59 Å². The molecule has 3 atom stereocenters. The minimum atomic E-state index is -0.0865. The van der Waals surface area contributed by atoms with E-state index in [9.17, 15) is 9.59 Å². The van der Waals surface area contributed by atoms with Crippen molar-refractivity contribution in [1.82, 2.24) is 20.9 Å². The van der Waals surface area contributed by atoms with E-state index in [1.807, 2.05) is 12.1 Å². The van der Waals surface area contributed by atoms with Crippen LogP contribution in [0.15, 0.2) is 24.5 Å². The van der Waals surface area contributed by atoms with Crippen LogP contribution in [0.25, 0.3) is 0 Å². The van der Waals surface area contributed by atoms with Crippen LogP contribution in [0.2, 0.25) is 0 Å². The van der Waals surface area contributed by atoms with Crippen molar-refractivity contribution in [3.8, 4) is 0 Å². The first-order valence-electron chi connectivity index (χ1n) is 8.92. The maximum atomic E-state index is 12.2. The molecule has 0 aromatic carbocycles. The molecule has 6 nitrogen and oxygen atoms in total. The Hall–Kier alpha value is -1.95. The van der Waals surface area contributed by atoms with Gasteiger partial charge in [-0.25, -0.2) is 0 Å². The second-order valence-corrected chi connectivity index (χ2v) is 6.79. The summed E-state index contributed by atoms with van der Waals surface area (Å²) in [5, 5.41) is 9.18. The molecule has 2 fully saturated rings. The molecule has 3 N–H and O–H groups in total. The van der Waals surface area contributed by atoms with Crippen molar-refractivity contribution in [2.75, 3.05) is 6.54 Å². The van der Waals surface area contributed by atoms with Gasteiger partial charge in [-0.1, -0.05) is 18.9 Å². The fourth-order valence-electron chi connectivity index (χ4n) is 3.74. The number of carbonyl (C=O) groups is 2. The molecule has 130 valence electrons. The summed E-state index contributed by atoms with van der Waals surface area (Å²) in [4.78, 5) is 28.1. The predicted molar refractivity (Wildman–Crippen MR) is 91.0 cm³/mol. The van der Waals surface area contributed by atoms with Crippen LogP contribution in [0.4, 0.5) is 0 Å². The molecular weight excluding hydrogens is 304 g/mol. The molecule has 2 aliphatic rings. The summed E-state index contributed by atoms with van der Waals surface area (Å²) in [6.45, 7) is 0.847. The lowest BCUT2D eigenvalue weighted by Gasteiger charge is -2.24. The molecule has 1 aliphatic heterocycles. The molecule has 1 aromatic heterocycles. The summed E-state index contributed by atoms with van der Waals surface area (Å²) in [6, 6.07) is 4.18. The highest BCUT2D eigenvalue weighted by Crippen LogP contribution is 2.33. The Morgan fingerprint density at radius 2 is 2.12 bits per heavy atom. The Labute approximate surface area is 142 Å². The Balaban J connectivity index is 1.32. The molecule has 24 heavy (non-hydrogen) atoms. The van der Waals surface area contributed by atoms with E-state index in [4.69, 9.17) is 0 Å². The Morgan fingerprint density at radius 3 is 2.92 bits per heavy atom. The van der Waals surface area contributed by atoms with Crippen LogP contribution in [0, 0.1) is 5.92 Å². The Kier molecular flexibility index (Phi) is 5.80. The zero-order chi connectivity index (χ0) is 16.8. The SMILES string of the molecule is O=C(CCNC(=O)C1CC2CCCCC2N1)NCc1cccnc1. The second kappa shape index (κ2) is 8.24. The smallest absolute Gasteiger partial charge is 0.237 e. The molecule has 2 heterocycles. The van der Waals surface area contributed by atoms with E-state index in [2.05, 4.69) is 20.9 Å². The van der Waals surface area contributed by atoms with Crippen LogP contribution >= 0.6 is 0 Å². The van der Waals surface area contributed by atoms with Gasteiger partial charge in [0.2, 0.25) is 11.8 Å². The van der Waals surface area contributed by atoms with Gasteiger partial charge in [-0.3, -0.25) is 14.6 Å². The van der Waals surface area contributed by atoms with Gasteiger partial charge in [-0.05, 0) is 36.8 Å². The lowest BCUT2D eigenvalue weighted by Crippen LogP contribution is -2.44. The molecular formula is C18H26N4O2. The van der Waals surface area contributed by atoms with Crippen molar-refractivity contribution in [2.24, 2.45) is 5.92 Å². The van der Waals surface area contributed by atoms with E-state index in [1.165, 1.54) is 25.7 Å². The van der Waals surface area contributed by atoms with Crippen LogP contribution in [-0.4, -0.2) is 35.4 Å². The van der Waals surface area contributed by atoms with Gasteiger partial charge in [0.05, 0.1) is 6.04 Å². The summed E-state index contributed by atoms with van der Waals surface area (Å²) in [7, 11) is 0. The third kappa shape index (κ3) is 4.54. The van der Waals surface area contributed by atoms with Crippen LogP contribution in [0.3, 0.4) is 0 Å². The van der Waals surface area contributed by atoms with E-state index in [1.54, 1.807) is 12.4 Å². The van der Waals surface area contributed by atoms with Crippen molar-refractivity contribution in [3.05, 3.63) is 30.1 Å². The molecule has 1 saturated heterocycles. The summed E-state index contributed by atoms with van der Waals surface area (Å²) in [5.74, 6) is 0.619. The maximum absolute atomic E-state index is 12.2. The molecule has 6 heteroatoms. The van der Waals surface area contributed by atoms with E-state index in [0.29, 0.717) is 31.5 Å². The van der Waals surface area contributed by atoms with Crippen LogP contribution in [0.1, 0.15) is 44.1 Å².